The van der Waals surface area contributed by atoms with Gasteiger partial charge in [0.15, 0.2) is 0 Å². The molecule has 0 amide bonds. The molecule has 0 fully saturated rings. The minimum Gasteiger partial charge on any atom is -0.0679 e. The highest BCUT2D eigenvalue weighted by Gasteiger charge is 2.46. The molecule has 0 nitrogen and oxygen atoms in total. The van der Waals surface area contributed by atoms with Crippen molar-refractivity contribution >= 4 is 16.7 Å². The van der Waals surface area contributed by atoms with Gasteiger partial charge in [0, 0.05) is 5.41 Å². The molecule has 0 saturated carbocycles. The van der Waals surface area contributed by atoms with Crippen LogP contribution in [0.1, 0.15) is 264 Å². The van der Waals surface area contributed by atoms with Crippen LogP contribution in [0.25, 0.3) is 27.8 Å². The molecule has 0 saturated heterocycles. The summed E-state index contributed by atoms with van der Waals surface area (Å²) in [6, 6.07) is 20.2. The minimum absolute atomic E-state index is 0.0180. The third-order valence-electron chi connectivity index (χ3n) is 15.9. The fourth-order valence-electron chi connectivity index (χ4n) is 10.8. The Kier molecular flexibility index (Phi) is 20.5. The second-order valence-corrected chi connectivity index (χ2v) is 22.8. The van der Waals surface area contributed by atoms with Gasteiger partial charge in [-0.05, 0) is 166 Å². The van der Waals surface area contributed by atoms with Crippen LogP contribution in [-0.2, 0) is 17.3 Å². The van der Waals surface area contributed by atoms with Crippen LogP contribution in [0.2, 0.25) is 0 Å². The highest BCUT2D eigenvalue weighted by atomic mass is 14.5. The molecule has 3 unspecified atom stereocenters. The van der Waals surface area contributed by atoms with Crippen LogP contribution in [0.5, 0.6) is 0 Å². The molecule has 358 valence electrons. The number of allylic oxidation sites excluding steroid dienone is 8. The Balaban J connectivity index is 1.97. The van der Waals surface area contributed by atoms with Gasteiger partial charge in [0.2, 0.25) is 0 Å². The van der Waals surface area contributed by atoms with E-state index in [2.05, 4.69) is 191 Å². The number of unbranched alkanes of at least 4 members (excludes halogenated alkanes) is 3. The molecular formula is C65H98. The normalized spacial score (nSPS) is 17.6. The molecular weight excluding hydrogens is 781 g/mol. The fraction of sp³-hybridized carbons (Fsp3) is 0.600. The highest BCUT2D eigenvalue weighted by Crippen LogP contribution is 2.57. The van der Waals surface area contributed by atoms with Gasteiger partial charge >= 0.3 is 0 Å². The lowest BCUT2D eigenvalue weighted by Crippen LogP contribution is -2.32. The van der Waals surface area contributed by atoms with Crippen LogP contribution in [0.15, 0.2) is 78.4 Å². The maximum absolute atomic E-state index is 2.68. The maximum atomic E-state index is 2.68. The van der Waals surface area contributed by atoms with Crippen molar-refractivity contribution in [1.82, 2.24) is 0 Å². The summed E-state index contributed by atoms with van der Waals surface area (Å²) in [6.45, 7) is 40.3. The third-order valence-corrected chi connectivity index (χ3v) is 15.9. The molecule has 0 bridgehead atoms. The van der Waals surface area contributed by atoms with Crippen molar-refractivity contribution in [3.8, 4) is 11.1 Å². The van der Waals surface area contributed by atoms with Gasteiger partial charge < -0.3 is 0 Å². The van der Waals surface area contributed by atoms with Gasteiger partial charge in [0.25, 0.3) is 0 Å². The van der Waals surface area contributed by atoms with Crippen molar-refractivity contribution in [3.63, 3.8) is 0 Å². The lowest BCUT2D eigenvalue weighted by atomic mass is 9.64. The first-order valence-electron chi connectivity index (χ1n) is 27.0. The first kappa shape index (κ1) is 54.2. The van der Waals surface area contributed by atoms with E-state index in [4.69, 9.17) is 0 Å². The maximum Gasteiger partial charge on any atom is 0.0220 e. The number of fused-ring (bicyclic) bond motifs is 3. The van der Waals surface area contributed by atoms with E-state index < -0.39 is 0 Å². The largest absolute Gasteiger partial charge is 0.0679 e. The Morgan fingerprint density at radius 1 is 0.585 bits per heavy atom. The van der Waals surface area contributed by atoms with Crippen molar-refractivity contribution < 1.29 is 0 Å². The van der Waals surface area contributed by atoms with Crippen LogP contribution >= 0.6 is 0 Å². The zero-order chi connectivity index (χ0) is 48.1. The van der Waals surface area contributed by atoms with Crippen molar-refractivity contribution in [2.45, 2.75) is 237 Å². The summed E-state index contributed by atoms with van der Waals surface area (Å²) < 4.78 is 0. The van der Waals surface area contributed by atoms with E-state index in [1.54, 1.807) is 22.3 Å². The summed E-state index contributed by atoms with van der Waals surface area (Å²) in [7, 11) is 0. The quantitative estimate of drug-likeness (QED) is 0.0787. The first-order valence-corrected chi connectivity index (χ1v) is 27.0. The number of benzene rings is 3. The van der Waals surface area contributed by atoms with Crippen molar-refractivity contribution in [3.05, 3.63) is 123 Å². The summed E-state index contributed by atoms with van der Waals surface area (Å²) >= 11 is 0. The Morgan fingerprint density at radius 3 is 1.66 bits per heavy atom. The summed E-state index contributed by atoms with van der Waals surface area (Å²) in [6.07, 6.45) is 29.5. The first-order chi connectivity index (χ1) is 30.8. The third kappa shape index (κ3) is 13.4. The van der Waals surface area contributed by atoms with E-state index >= 15 is 0 Å². The van der Waals surface area contributed by atoms with Gasteiger partial charge in [-0.15, -0.1) is 0 Å². The summed E-state index contributed by atoms with van der Waals surface area (Å²) in [5.41, 5.74) is 21.1. The number of hydrogen-bond acceptors (Lipinski definition) is 0. The molecule has 3 aromatic carbocycles. The highest BCUT2D eigenvalue weighted by molar-refractivity contribution is 5.84. The molecule has 1 aliphatic rings. The standard InChI is InChI=1S/C65H98/c1-18-25-29-50(23-6)44-65(45-51(24-7)30-26-19-2)60-42-53(36-38-57(60)58-39-37-54(43-61(58)65)64(15,16)17)47(9)33-35-52(31-27-20-3)56-41-40-55(48(10)32-34-49(11)63(12,13)14)62(46(8)22-5)59(56)28-21-4/h32-43,46,50-51H,18-31,44-45H2,1-17H3/b47-33+,48-32+,49-34+,52-35+. The predicted octanol–water partition coefficient (Wildman–Crippen LogP) is 21.0. The van der Waals surface area contributed by atoms with E-state index in [0.717, 1.165) is 25.7 Å². The average Bonchev–Trinajstić information content (AvgIpc) is 3.54. The Hall–Kier alpha value is -3.38. The fourth-order valence-corrected chi connectivity index (χ4v) is 10.8. The molecule has 0 heteroatoms. The predicted molar refractivity (Wildman–Crippen MR) is 294 cm³/mol. The van der Waals surface area contributed by atoms with E-state index in [9.17, 15) is 0 Å². The molecule has 0 heterocycles. The minimum atomic E-state index is 0.0180. The van der Waals surface area contributed by atoms with Crippen LogP contribution in [0.3, 0.4) is 0 Å². The lowest BCUT2D eigenvalue weighted by molar-refractivity contribution is 0.265. The van der Waals surface area contributed by atoms with Crippen LogP contribution in [0, 0.1) is 17.3 Å². The Labute approximate surface area is 403 Å². The van der Waals surface area contributed by atoms with Gasteiger partial charge in [-0.1, -0.05) is 233 Å². The molecule has 0 aliphatic heterocycles. The van der Waals surface area contributed by atoms with Gasteiger partial charge in [-0.2, -0.15) is 0 Å². The van der Waals surface area contributed by atoms with E-state index in [0.29, 0.717) is 17.8 Å². The summed E-state index contributed by atoms with van der Waals surface area (Å²) in [4.78, 5) is 0. The molecule has 0 N–H and O–H groups in total. The molecule has 0 aromatic heterocycles. The lowest BCUT2D eigenvalue weighted by Gasteiger charge is -2.39. The van der Waals surface area contributed by atoms with Crippen LogP contribution in [-0.4, -0.2) is 0 Å². The van der Waals surface area contributed by atoms with Crippen molar-refractivity contribution in [2.75, 3.05) is 0 Å². The van der Waals surface area contributed by atoms with Crippen LogP contribution in [0.4, 0.5) is 0 Å². The van der Waals surface area contributed by atoms with Gasteiger partial charge in [0.1, 0.15) is 0 Å². The Bertz CT molecular complexity index is 2090. The summed E-state index contributed by atoms with van der Waals surface area (Å²) in [5, 5.41) is 0. The zero-order valence-corrected chi connectivity index (χ0v) is 45.5. The molecule has 65 heavy (non-hydrogen) atoms. The molecule has 0 spiro atoms. The second-order valence-electron chi connectivity index (χ2n) is 22.8. The molecule has 1 aliphatic carbocycles. The smallest absolute Gasteiger partial charge is 0.0220 e. The molecule has 0 radical (unpaired) electrons. The topological polar surface area (TPSA) is 0 Å². The van der Waals surface area contributed by atoms with Crippen LogP contribution < -0.4 is 0 Å². The Morgan fingerprint density at radius 2 is 1.14 bits per heavy atom. The van der Waals surface area contributed by atoms with E-state index in [1.165, 1.54) is 133 Å². The summed E-state index contributed by atoms with van der Waals surface area (Å²) in [5.74, 6) is 1.92. The molecule has 4 rings (SSSR count). The second kappa shape index (κ2) is 24.6. The molecule has 3 atom stereocenters. The SMILES string of the molecule is CCCC/C(=C\C=C(/C)c1ccc2c(c1)C(CC(CC)CCCC)(CC(CC)CCCC)c1cc(C(C)(C)C)ccc1-2)c1ccc(/C(C)=C/C=C(\C)C(C)(C)C)c(C(C)CC)c1CCC. The average molecular weight is 879 g/mol. The number of hydrogen-bond donors (Lipinski definition) is 0. The van der Waals surface area contributed by atoms with Crippen molar-refractivity contribution in [2.24, 2.45) is 17.3 Å². The van der Waals surface area contributed by atoms with Gasteiger partial charge in [-0.25, -0.2) is 0 Å². The monoisotopic (exact) mass is 879 g/mol. The van der Waals surface area contributed by atoms with Gasteiger partial charge in [0.05, 0.1) is 0 Å². The number of rotatable bonds is 24. The van der Waals surface area contributed by atoms with Crippen molar-refractivity contribution in [1.29, 1.82) is 0 Å². The van der Waals surface area contributed by atoms with E-state index in [-0.39, 0.29) is 16.2 Å². The van der Waals surface area contributed by atoms with E-state index in [1.807, 2.05) is 0 Å². The zero-order valence-electron chi connectivity index (χ0n) is 45.5. The van der Waals surface area contributed by atoms with Gasteiger partial charge in [-0.3, -0.25) is 0 Å². The molecule has 3 aromatic rings.